The first-order valence-electron chi connectivity index (χ1n) is 9.89. The molecule has 0 unspecified atom stereocenters. The summed E-state index contributed by atoms with van der Waals surface area (Å²) in [6.45, 7) is 3.98. The lowest BCUT2D eigenvalue weighted by atomic mass is 10.2. The highest BCUT2D eigenvalue weighted by atomic mass is 32.2. The number of thiazole rings is 1. The molecule has 0 N–H and O–H groups in total. The first-order chi connectivity index (χ1) is 14.6. The molecule has 1 aromatic carbocycles. The Morgan fingerprint density at radius 2 is 1.97 bits per heavy atom. The van der Waals surface area contributed by atoms with E-state index in [2.05, 4.69) is 31.9 Å². The second-order valence-corrected chi connectivity index (χ2v) is 9.25. The Morgan fingerprint density at radius 3 is 2.67 bits per heavy atom. The van der Waals surface area contributed by atoms with Crippen molar-refractivity contribution in [1.29, 1.82) is 0 Å². The van der Waals surface area contributed by atoms with Crippen LogP contribution in [0.15, 0.2) is 53.1 Å². The third-order valence-electron chi connectivity index (χ3n) is 5.29. The second-order valence-electron chi connectivity index (χ2n) is 7.43. The van der Waals surface area contributed by atoms with Crippen LogP contribution in [-0.4, -0.2) is 35.9 Å². The van der Waals surface area contributed by atoms with Gasteiger partial charge in [-0.2, -0.15) is 0 Å². The van der Waals surface area contributed by atoms with Crippen LogP contribution in [0.25, 0.3) is 10.8 Å². The van der Waals surface area contributed by atoms with Crippen LogP contribution in [0.2, 0.25) is 0 Å². The molecule has 0 atom stereocenters. The summed E-state index contributed by atoms with van der Waals surface area (Å²) < 4.78 is 4.15. The Kier molecular flexibility index (Phi) is 5.04. The zero-order chi connectivity index (χ0) is 20.7. The number of hydrogen-bond donors (Lipinski definition) is 0. The largest absolute Gasteiger partial charge is 0.294 e. The second kappa shape index (κ2) is 7.85. The molecule has 1 saturated carbocycles. The molecule has 0 radical (unpaired) electrons. The quantitative estimate of drug-likeness (QED) is 0.302. The van der Waals surface area contributed by atoms with Crippen molar-refractivity contribution in [3.63, 3.8) is 0 Å². The van der Waals surface area contributed by atoms with Crippen molar-refractivity contribution in [2.75, 3.05) is 5.75 Å². The van der Waals surface area contributed by atoms with Crippen LogP contribution in [0.3, 0.4) is 0 Å². The number of thioether (sulfide) groups is 1. The lowest BCUT2D eigenvalue weighted by Gasteiger charge is -2.09. The van der Waals surface area contributed by atoms with Crippen molar-refractivity contribution in [3.05, 3.63) is 70.8 Å². The molecule has 30 heavy (non-hydrogen) atoms. The lowest BCUT2D eigenvalue weighted by Crippen LogP contribution is -2.07. The summed E-state index contributed by atoms with van der Waals surface area (Å²) in [7, 11) is 0. The number of para-hydroxylation sites is 1. The molecular weight excluding hydrogens is 414 g/mol. The fourth-order valence-corrected chi connectivity index (χ4v) is 5.27. The number of carbonyl (C=O) groups excluding carboxylic acids is 1. The molecule has 0 spiro atoms. The van der Waals surface area contributed by atoms with Crippen LogP contribution in [0.4, 0.5) is 0 Å². The van der Waals surface area contributed by atoms with E-state index in [9.17, 15) is 4.79 Å². The van der Waals surface area contributed by atoms with Gasteiger partial charge in [0.15, 0.2) is 16.1 Å². The molecule has 1 fully saturated rings. The molecule has 3 heterocycles. The number of aromatic nitrogens is 5. The molecule has 0 saturated heterocycles. The van der Waals surface area contributed by atoms with Gasteiger partial charge in [-0.05, 0) is 44.9 Å². The minimum atomic E-state index is 0.0893. The van der Waals surface area contributed by atoms with Crippen LogP contribution >= 0.6 is 23.1 Å². The summed E-state index contributed by atoms with van der Waals surface area (Å²) in [5.41, 5.74) is 3.72. The fraction of sp³-hybridized carbons (Fsp3) is 0.273. The number of ketones is 1. The van der Waals surface area contributed by atoms with E-state index < -0.39 is 0 Å². The average Bonchev–Trinajstić information content (AvgIpc) is 3.17. The van der Waals surface area contributed by atoms with E-state index in [0.717, 1.165) is 51.6 Å². The van der Waals surface area contributed by atoms with Gasteiger partial charge in [0, 0.05) is 40.1 Å². The SMILES string of the molecule is Cc1cc(C(=O)CSc2nnc(C3CC3)n2-c2ccccc2)c(C)n1-c1nccs1. The van der Waals surface area contributed by atoms with Gasteiger partial charge in [-0.3, -0.25) is 13.9 Å². The van der Waals surface area contributed by atoms with Crippen molar-refractivity contribution in [3.8, 4) is 10.8 Å². The highest BCUT2D eigenvalue weighted by molar-refractivity contribution is 7.99. The van der Waals surface area contributed by atoms with Crippen LogP contribution in [0, 0.1) is 13.8 Å². The van der Waals surface area contributed by atoms with Gasteiger partial charge in [0.25, 0.3) is 0 Å². The third-order valence-corrected chi connectivity index (χ3v) is 6.98. The molecule has 0 amide bonds. The van der Waals surface area contributed by atoms with Gasteiger partial charge in [-0.25, -0.2) is 4.98 Å². The van der Waals surface area contributed by atoms with Gasteiger partial charge < -0.3 is 0 Å². The van der Waals surface area contributed by atoms with Gasteiger partial charge in [-0.1, -0.05) is 30.0 Å². The summed E-state index contributed by atoms with van der Waals surface area (Å²) in [6, 6.07) is 12.1. The molecule has 5 rings (SSSR count). The molecule has 3 aromatic heterocycles. The highest BCUT2D eigenvalue weighted by Gasteiger charge is 2.31. The molecule has 1 aliphatic rings. The van der Waals surface area contributed by atoms with Crippen molar-refractivity contribution in [2.45, 2.75) is 37.8 Å². The number of Topliss-reactive ketones (excluding diaryl/α,β-unsaturated/α-hetero) is 1. The van der Waals surface area contributed by atoms with E-state index in [1.165, 1.54) is 11.8 Å². The first-order valence-corrected chi connectivity index (χ1v) is 11.8. The van der Waals surface area contributed by atoms with E-state index >= 15 is 0 Å². The van der Waals surface area contributed by atoms with Crippen LogP contribution in [0.5, 0.6) is 0 Å². The Hall–Kier alpha value is -2.71. The molecular formula is C22H21N5OS2. The standard InChI is InChI=1S/C22H21N5OS2/c1-14-12-18(15(2)26(14)21-23-10-11-29-21)19(28)13-30-22-25-24-20(16-8-9-16)27(22)17-6-4-3-5-7-17/h3-7,10-12,16H,8-9,13H2,1-2H3. The topological polar surface area (TPSA) is 65.6 Å². The van der Waals surface area contributed by atoms with Crippen molar-refractivity contribution >= 4 is 28.9 Å². The minimum Gasteiger partial charge on any atom is -0.294 e. The molecule has 6 nitrogen and oxygen atoms in total. The van der Waals surface area contributed by atoms with Crippen molar-refractivity contribution in [2.24, 2.45) is 0 Å². The normalized spacial score (nSPS) is 13.7. The summed E-state index contributed by atoms with van der Waals surface area (Å²) >= 11 is 3.01. The minimum absolute atomic E-state index is 0.0893. The zero-order valence-corrected chi connectivity index (χ0v) is 18.4. The number of aryl methyl sites for hydroxylation is 1. The molecule has 0 bridgehead atoms. The maximum atomic E-state index is 13.1. The third kappa shape index (κ3) is 3.50. The maximum absolute atomic E-state index is 13.1. The maximum Gasteiger partial charge on any atom is 0.196 e. The van der Waals surface area contributed by atoms with Gasteiger partial charge in [0.2, 0.25) is 0 Å². The smallest absolute Gasteiger partial charge is 0.196 e. The Morgan fingerprint density at radius 1 is 1.17 bits per heavy atom. The monoisotopic (exact) mass is 435 g/mol. The number of nitrogens with zero attached hydrogens (tertiary/aromatic N) is 5. The summed E-state index contributed by atoms with van der Waals surface area (Å²) in [4.78, 5) is 17.5. The Balaban J connectivity index is 1.40. The number of benzene rings is 1. The van der Waals surface area contributed by atoms with E-state index in [0.29, 0.717) is 11.7 Å². The summed E-state index contributed by atoms with van der Waals surface area (Å²) in [5.74, 6) is 1.88. The molecule has 4 aromatic rings. The van der Waals surface area contributed by atoms with Gasteiger partial charge in [-0.15, -0.1) is 21.5 Å². The highest BCUT2D eigenvalue weighted by Crippen LogP contribution is 2.41. The number of rotatable bonds is 7. The van der Waals surface area contributed by atoms with Crippen LogP contribution < -0.4 is 0 Å². The van der Waals surface area contributed by atoms with Gasteiger partial charge >= 0.3 is 0 Å². The van der Waals surface area contributed by atoms with E-state index in [4.69, 9.17) is 0 Å². The summed E-state index contributed by atoms with van der Waals surface area (Å²) in [5, 5.41) is 12.5. The molecule has 0 aliphatic heterocycles. The van der Waals surface area contributed by atoms with Gasteiger partial charge in [0.1, 0.15) is 5.82 Å². The Labute approximate surface area is 183 Å². The van der Waals surface area contributed by atoms with Crippen LogP contribution in [-0.2, 0) is 0 Å². The lowest BCUT2D eigenvalue weighted by molar-refractivity contribution is 0.102. The zero-order valence-electron chi connectivity index (χ0n) is 16.8. The number of carbonyl (C=O) groups is 1. The summed E-state index contributed by atoms with van der Waals surface area (Å²) in [6.07, 6.45) is 4.08. The molecule has 152 valence electrons. The predicted molar refractivity (Wildman–Crippen MR) is 119 cm³/mol. The van der Waals surface area contributed by atoms with Crippen molar-refractivity contribution < 1.29 is 4.79 Å². The molecule has 1 aliphatic carbocycles. The van der Waals surface area contributed by atoms with Crippen molar-refractivity contribution in [1.82, 2.24) is 24.3 Å². The van der Waals surface area contributed by atoms with E-state index in [1.54, 1.807) is 17.5 Å². The van der Waals surface area contributed by atoms with Gasteiger partial charge in [0.05, 0.1) is 5.75 Å². The first kappa shape index (κ1) is 19.3. The van der Waals surface area contributed by atoms with E-state index in [1.807, 2.05) is 48.1 Å². The van der Waals surface area contributed by atoms with E-state index in [-0.39, 0.29) is 5.78 Å². The predicted octanol–water partition coefficient (Wildman–Crippen LogP) is 4.98. The fourth-order valence-electron chi connectivity index (χ4n) is 3.67. The Bertz CT molecular complexity index is 1190. The molecule has 8 heteroatoms. The van der Waals surface area contributed by atoms with Crippen LogP contribution in [0.1, 0.15) is 46.3 Å². The average molecular weight is 436 g/mol. The number of hydrogen-bond acceptors (Lipinski definition) is 6.